The summed E-state index contributed by atoms with van der Waals surface area (Å²) in [6.45, 7) is 1.98. The van der Waals surface area contributed by atoms with Gasteiger partial charge in [-0.15, -0.1) is 0 Å². The summed E-state index contributed by atoms with van der Waals surface area (Å²) in [5.74, 6) is 7.54. The van der Waals surface area contributed by atoms with Gasteiger partial charge in [0, 0.05) is 24.8 Å². The van der Waals surface area contributed by atoms with Gasteiger partial charge in [-0.3, -0.25) is 0 Å². The van der Waals surface area contributed by atoms with Crippen molar-refractivity contribution in [2.75, 3.05) is 18.5 Å². The molecule has 0 aromatic heterocycles. The van der Waals surface area contributed by atoms with Crippen LogP contribution in [0.3, 0.4) is 0 Å². The van der Waals surface area contributed by atoms with Crippen LogP contribution >= 0.6 is 0 Å². The van der Waals surface area contributed by atoms with Crippen LogP contribution in [0.25, 0.3) is 0 Å². The van der Waals surface area contributed by atoms with E-state index in [9.17, 15) is 4.39 Å². The summed E-state index contributed by atoms with van der Waals surface area (Å²) in [4.78, 5) is 0. The third-order valence-electron chi connectivity index (χ3n) is 5.01. The molecule has 3 aromatic carbocycles. The first-order valence-corrected chi connectivity index (χ1v) is 10.2. The van der Waals surface area contributed by atoms with Crippen molar-refractivity contribution in [1.29, 1.82) is 0 Å². The highest BCUT2D eigenvalue weighted by molar-refractivity contribution is 5.71. The molecule has 1 N–H and O–H groups in total. The number of hydrogen-bond acceptors (Lipinski definition) is 3. The first-order valence-electron chi connectivity index (χ1n) is 10.2. The van der Waals surface area contributed by atoms with Gasteiger partial charge in [-0.05, 0) is 54.8 Å². The van der Waals surface area contributed by atoms with E-state index in [1.807, 2.05) is 48.5 Å². The van der Waals surface area contributed by atoms with Crippen molar-refractivity contribution in [3.63, 3.8) is 0 Å². The standard InChI is InChI=1S/C26H24FNO2/c27-22-10-12-23(13-11-22)28-25-7-4-8-26(30-19-21-5-2-1-3-6-21)24(25)14-9-20-15-17-29-18-16-20/h1-8,10-13,20,28H,15-19H2. The van der Waals surface area contributed by atoms with Gasteiger partial charge in [0.25, 0.3) is 0 Å². The lowest BCUT2D eigenvalue weighted by atomic mass is 10.00. The Balaban J connectivity index is 1.62. The van der Waals surface area contributed by atoms with Crippen LogP contribution in [0.1, 0.15) is 24.0 Å². The maximum Gasteiger partial charge on any atom is 0.137 e. The summed E-state index contributed by atoms with van der Waals surface area (Å²) in [7, 11) is 0. The van der Waals surface area contributed by atoms with Gasteiger partial charge in [-0.25, -0.2) is 4.39 Å². The molecule has 3 nitrogen and oxygen atoms in total. The van der Waals surface area contributed by atoms with E-state index in [0.717, 1.165) is 54.3 Å². The van der Waals surface area contributed by atoms with Crippen LogP contribution in [-0.2, 0) is 11.3 Å². The summed E-state index contributed by atoms with van der Waals surface area (Å²) >= 11 is 0. The molecule has 1 heterocycles. The van der Waals surface area contributed by atoms with Gasteiger partial charge >= 0.3 is 0 Å². The summed E-state index contributed by atoms with van der Waals surface area (Å²) in [6, 6.07) is 22.2. The Morgan fingerprint density at radius 1 is 0.933 bits per heavy atom. The summed E-state index contributed by atoms with van der Waals surface area (Å²) in [5, 5.41) is 3.35. The number of ether oxygens (including phenoxy) is 2. The molecule has 152 valence electrons. The quantitative estimate of drug-likeness (QED) is 0.538. The smallest absolute Gasteiger partial charge is 0.137 e. The molecule has 0 atom stereocenters. The van der Waals surface area contributed by atoms with Crippen LogP contribution < -0.4 is 10.1 Å². The maximum atomic E-state index is 13.3. The van der Waals surface area contributed by atoms with Crippen molar-refractivity contribution in [2.45, 2.75) is 19.4 Å². The predicted octanol–water partition coefficient (Wildman–Crippen LogP) is 5.93. The van der Waals surface area contributed by atoms with Crippen molar-refractivity contribution in [1.82, 2.24) is 0 Å². The normalized spacial score (nSPS) is 13.9. The average molecular weight is 401 g/mol. The first kappa shape index (κ1) is 20.0. The van der Waals surface area contributed by atoms with Gasteiger partial charge in [0.05, 0.1) is 11.3 Å². The minimum absolute atomic E-state index is 0.264. The fourth-order valence-electron chi connectivity index (χ4n) is 3.32. The van der Waals surface area contributed by atoms with Gasteiger partial charge < -0.3 is 14.8 Å². The minimum Gasteiger partial charge on any atom is -0.488 e. The van der Waals surface area contributed by atoms with Crippen LogP contribution in [0.5, 0.6) is 5.75 Å². The molecule has 3 aromatic rings. The van der Waals surface area contributed by atoms with Gasteiger partial charge in [-0.1, -0.05) is 48.2 Å². The Morgan fingerprint density at radius 2 is 1.70 bits per heavy atom. The molecular weight excluding hydrogens is 377 g/mol. The maximum absolute atomic E-state index is 13.3. The lowest BCUT2D eigenvalue weighted by molar-refractivity contribution is 0.0807. The molecule has 4 heteroatoms. The third kappa shape index (κ3) is 5.40. The summed E-state index contributed by atoms with van der Waals surface area (Å²) < 4.78 is 24.9. The molecule has 1 fully saturated rings. The number of benzene rings is 3. The lowest BCUT2D eigenvalue weighted by Crippen LogP contribution is -2.14. The molecule has 0 amide bonds. The Labute approximate surface area is 176 Å². The SMILES string of the molecule is Fc1ccc(Nc2cccc(OCc3ccccc3)c2C#CC2CCOCC2)cc1. The second-order valence-electron chi connectivity index (χ2n) is 7.24. The van der Waals surface area contributed by atoms with Crippen LogP contribution in [0.4, 0.5) is 15.8 Å². The largest absolute Gasteiger partial charge is 0.488 e. The lowest BCUT2D eigenvalue weighted by Gasteiger charge is -2.17. The molecule has 0 bridgehead atoms. The molecular formula is C26H24FNO2. The van der Waals surface area contributed by atoms with Crippen molar-refractivity contribution < 1.29 is 13.9 Å². The Morgan fingerprint density at radius 3 is 2.47 bits per heavy atom. The first-order chi connectivity index (χ1) is 14.8. The van der Waals surface area contributed by atoms with Crippen LogP contribution in [0.15, 0.2) is 72.8 Å². The number of hydrogen-bond donors (Lipinski definition) is 1. The fraction of sp³-hybridized carbons (Fsp3) is 0.231. The van der Waals surface area contributed by atoms with E-state index in [1.165, 1.54) is 12.1 Å². The van der Waals surface area contributed by atoms with E-state index in [0.29, 0.717) is 12.5 Å². The van der Waals surface area contributed by atoms with E-state index >= 15 is 0 Å². The molecule has 0 spiro atoms. The molecule has 0 radical (unpaired) electrons. The minimum atomic E-state index is -0.264. The summed E-state index contributed by atoms with van der Waals surface area (Å²) in [5.41, 5.74) is 3.54. The van der Waals surface area contributed by atoms with Crippen LogP contribution in [0, 0.1) is 23.6 Å². The zero-order chi connectivity index (χ0) is 20.6. The van der Waals surface area contributed by atoms with Gasteiger partial charge in [0.1, 0.15) is 18.2 Å². The Bertz CT molecular complexity index is 1020. The van der Waals surface area contributed by atoms with Gasteiger partial charge in [0.15, 0.2) is 0 Å². The average Bonchev–Trinajstić information content (AvgIpc) is 2.80. The van der Waals surface area contributed by atoms with E-state index < -0.39 is 0 Å². The molecule has 1 aliphatic heterocycles. The van der Waals surface area contributed by atoms with E-state index in [1.54, 1.807) is 12.1 Å². The zero-order valence-electron chi connectivity index (χ0n) is 16.7. The molecule has 30 heavy (non-hydrogen) atoms. The van der Waals surface area contributed by atoms with Crippen LogP contribution in [0.2, 0.25) is 0 Å². The van der Waals surface area contributed by atoms with E-state index in [-0.39, 0.29) is 5.82 Å². The predicted molar refractivity (Wildman–Crippen MR) is 117 cm³/mol. The van der Waals surface area contributed by atoms with Crippen molar-refractivity contribution in [3.05, 3.63) is 89.7 Å². The Hall–Kier alpha value is -3.29. The molecule has 1 saturated heterocycles. The van der Waals surface area contributed by atoms with E-state index in [2.05, 4.69) is 17.2 Å². The second kappa shape index (κ2) is 9.96. The number of nitrogens with one attached hydrogen (secondary N) is 1. The van der Waals surface area contributed by atoms with Gasteiger partial charge in [0.2, 0.25) is 0 Å². The molecule has 0 unspecified atom stereocenters. The number of rotatable bonds is 5. The highest BCUT2D eigenvalue weighted by Gasteiger charge is 2.13. The van der Waals surface area contributed by atoms with Crippen LogP contribution in [-0.4, -0.2) is 13.2 Å². The highest BCUT2D eigenvalue weighted by atomic mass is 19.1. The summed E-state index contributed by atoms with van der Waals surface area (Å²) in [6.07, 6.45) is 1.89. The topological polar surface area (TPSA) is 30.5 Å². The number of anilines is 2. The highest BCUT2D eigenvalue weighted by Crippen LogP contribution is 2.29. The van der Waals surface area contributed by atoms with Crippen molar-refractivity contribution in [3.8, 4) is 17.6 Å². The third-order valence-corrected chi connectivity index (χ3v) is 5.01. The fourth-order valence-corrected chi connectivity index (χ4v) is 3.32. The van der Waals surface area contributed by atoms with Gasteiger partial charge in [-0.2, -0.15) is 0 Å². The second-order valence-corrected chi connectivity index (χ2v) is 7.24. The molecule has 4 rings (SSSR count). The Kier molecular flexibility index (Phi) is 6.64. The molecule has 0 aliphatic carbocycles. The van der Waals surface area contributed by atoms with Crippen molar-refractivity contribution in [2.24, 2.45) is 5.92 Å². The molecule has 0 saturated carbocycles. The van der Waals surface area contributed by atoms with E-state index in [4.69, 9.17) is 9.47 Å². The molecule has 1 aliphatic rings. The number of halogens is 1. The monoisotopic (exact) mass is 401 g/mol. The zero-order valence-corrected chi connectivity index (χ0v) is 16.7. The van der Waals surface area contributed by atoms with Crippen molar-refractivity contribution >= 4 is 11.4 Å².